The molecule has 1 saturated heterocycles. The monoisotopic (exact) mass is 379 g/mol. The third-order valence-electron chi connectivity index (χ3n) is 4.25. The number of hydrogen-bond acceptors (Lipinski definition) is 4. The van der Waals surface area contributed by atoms with Crippen molar-refractivity contribution in [2.24, 2.45) is 0 Å². The van der Waals surface area contributed by atoms with E-state index < -0.39 is 21.7 Å². The van der Waals surface area contributed by atoms with Gasteiger partial charge in [-0.25, -0.2) is 22.2 Å². The molecule has 6 nitrogen and oxygen atoms in total. The lowest BCUT2D eigenvalue weighted by atomic mass is 10.2. The normalized spacial score (nSPS) is 16.2. The van der Waals surface area contributed by atoms with Crippen molar-refractivity contribution in [2.75, 3.05) is 26.3 Å². The molecule has 0 aliphatic carbocycles. The quantitative estimate of drug-likeness (QED) is 0.759. The van der Waals surface area contributed by atoms with Gasteiger partial charge in [0.25, 0.3) is 0 Å². The van der Waals surface area contributed by atoms with Crippen molar-refractivity contribution in [3.05, 3.63) is 48.0 Å². The molecule has 0 unspecified atom stereocenters. The molecule has 0 bridgehead atoms. The smallest absolute Gasteiger partial charge is 0.243 e. The lowest BCUT2D eigenvalue weighted by molar-refractivity contribution is 0.0730. The van der Waals surface area contributed by atoms with E-state index in [-0.39, 0.29) is 16.3 Å². The highest BCUT2D eigenvalue weighted by atomic mass is 32.2. The fourth-order valence-corrected chi connectivity index (χ4v) is 4.33. The van der Waals surface area contributed by atoms with Crippen molar-refractivity contribution in [2.45, 2.75) is 4.90 Å². The molecule has 0 atom stereocenters. The molecule has 1 fully saturated rings. The Morgan fingerprint density at radius 3 is 2.58 bits per heavy atom. The zero-order valence-corrected chi connectivity index (χ0v) is 14.4. The number of benzene rings is 2. The maximum atomic E-state index is 14.0. The molecule has 2 heterocycles. The van der Waals surface area contributed by atoms with Crippen molar-refractivity contribution < 1.29 is 21.9 Å². The van der Waals surface area contributed by atoms with Gasteiger partial charge in [0.05, 0.1) is 34.7 Å². The number of nitrogens with one attached hydrogen (secondary N) is 1. The largest absolute Gasteiger partial charge is 0.379 e. The second kappa shape index (κ2) is 6.42. The highest BCUT2D eigenvalue weighted by molar-refractivity contribution is 7.89. The Balaban J connectivity index is 1.74. The van der Waals surface area contributed by atoms with E-state index in [0.717, 1.165) is 12.1 Å². The fourth-order valence-electron chi connectivity index (χ4n) is 2.89. The number of aromatic nitrogens is 2. The van der Waals surface area contributed by atoms with Gasteiger partial charge in [0, 0.05) is 19.2 Å². The van der Waals surface area contributed by atoms with E-state index in [2.05, 4.69) is 9.97 Å². The minimum Gasteiger partial charge on any atom is -0.379 e. The van der Waals surface area contributed by atoms with Gasteiger partial charge in [0.1, 0.15) is 17.5 Å². The first-order valence-corrected chi connectivity index (χ1v) is 9.42. The summed E-state index contributed by atoms with van der Waals surface area (Å²) in [4.78, 5) is 7.30. The van der Waals surface area contributed by atoms with Gasteiger partial charge in [-0.15, -0.1) is 0 Å². The summed E-state index contributed by atoms with van der Waals surface area (Å²) in [6, 6.07) is 7.70. The number of hydrogen-bond donors (Lipinski definition) is 1. The maximum Gasteiger partial charge on any atom is 0.243 e. The highest BCUT2D eigenvalue weighted by Crippen LogP contribution is 2.26. The second-order valence-electron chi connectivity index (χ2n) is 5.90. The van der Waals surface area contributed by atoms with Crippen LogP contribution in [0.25, 0.3) is 22.4 Å². The van der Waals surface area contributed by atoms with Crippen LogP contribution in [0.3, 0.4) is 0 Å². The van der Waals surface area contributed by atoms with Gasteiger partial charge in [-0.1, -0.05) is 0 Å². The maximum absolute atomic E-state index is 14.0. The molecular weight excluding hydrogens is 364 g/mol. The van der Waals surface area contributed by atoms with Crippen molar-refractivity contribution >= 4 is 21.1 Å². The average Bonchev–Trinajstić information content (AvgIpc) is 3.05. The molecule has 4 rings (SSSR count). The summed E-state index contributed by atoms with van der Waals surface area (Å²) < 4.78 is 59.1. The van der Waals surface area contributed by atoms with Crippen LogP contribution in [0.2, 0.25) is 0 Å². The highest BCUT2D eigenvalue weighted by Gasteiger charge is 2.26. The zero-order valence-electron chi connectivity index (χ0n) is 13.6. The van der Waals surface area contributed by atoms with Crippen molar-refractivity contribution in [3.8, 4) is 11.4 Å². The summed E-state index contributed by atoms with van der Waals surface area (Å²) in [5.74, 6) is -1.22. The van der Waals surface area contributed by atoms with Crippen LogP contribution in [0.15, 0.2) is 41.3 Å². The molecule has 1 aliphatic rings. The van der Waals surface area contributed by atoms with Crippen LogP contribution in [-0.2, 0) is 14.8 Å². The minimum atomic E-state index is -3.64. The van der Waals surface area contributed by atoms with Crippen LogP contribution in [0.1, 0.15) is 0 Å². The summed E-state index contributed by atoms with van der Waals surface area (Å²) in [6.07, 6.45) is 0. The summed E-state index contributed by atoms with van der Waals surface area (Å²) in [6.45, 7) is 1.32. The van der Waals surface area contributed by atoms with Gasteiger partial charge >= 0.3 is 0 Å². The molecule has 0 spiro atoms. The average molecular weight is 379 g/mol. The number of rotatable bonds is 3. The zero-order chi connectivity index (χ0) is 18.3. The van der Waals surface area contributed by atoms with E-state index >= 15 is 0 Å². The van der Waals surface area contributed by atoms with Gasteiger partial charge < -0.3 is 9.72 Å². The van der Waals surface area contributed by atoms with E-state index in [9.17, 15) is 17.2 Å². The summed E-state index contributed by atoms with van der Waals surface area (Å²) >= 11 is 0. The molecule has 3 aromatic rings. The van der Waals surface area contributed by atoms with Gasteiger partial charge in [-0.2, -0.15) is 4.31 Å². The Labute approximate surface area is 148 Å². The van der Waals surface area contributed by atoms with Crippen LogP contribution < -0.4 is 0 Å². The minimum absolute atomic E-state index is 0.111. The molecule has 136 valence electrons. The third kappa shape index (κ3) is 2.98. The number of sulfonamides is 1. The predicted molar refractivity (Wildman–Crippen MR) is 91.0 cm³/mol. The van der Waals surface area contributed by atoms with Gasteiger partial charge in [-0.05, 0) is 30.3 Å². The summed E-state index contributed by atoms with van der Waals surface area (Å²) in [5.41, 5.74) is 1.06. The lowest BCUT2D eigenvalue weighted by Gasteiger charge is -2.25. The molecule has 26 heavy (non-hydrogen) atoms. The van der Waals surface area contributed by atoms with Crippen LogP contribution in [0.5, 0.6) is 0 Å². The first-order valence-electron chi connectivity index (χ1n) is 7.98. The molecule has 0 radical (unpaired) electrons. The van der Waals surface area contributed by atoms with Gasteiger partial charge in [0.2, 0.25) is 10.0 Å². The number of ether oxygens (including phenoxy) is 1. The predicted octanol–water partition coefficient (Wildman–Crippen LogP) is 2.53. The number of aromatic amines is 1. The summed E-state index contributed by atoms with van der Waals surface area (Å²) in [7, 11) is -3.64. The topological polar surface area (TPSA) is 75.3 Å². The molecule has 2 aromatic carbocycles. The molecule has 1 N–H and O–H groups in total. The number of imidazole rings is 1. The Hall–Kier alpha value is -2.36. The van der Waals surface area contributed by atoms with Crippen LogP contribution in [0, 0.1) is 11.6 Å². The molecular formula is C17H15F2N3O3S. The van der Waals surface area contributed by atoms with Crippen molar-refractivity contribution in [3.63, 3.8) is 0 Å². The Bertz CT molecular complexity index is 1080. The lowest BCUT2D eigenvalue weighted by Crippen LogP contribution is -2.40. The van der Waals surface area contributed by atoms with E-state index in [0.29, 0.717) is 37.3 Å². The number of morpholine rings is 1. The van der Waals surface area contributed by atoms with Crippen LogP contribution in [0.4, 0.5) is 8.78 Å². The first-order chi connectivity index (χ1) is 12.4. The summed E-state index contributed by atoms with van der Waals surface area (Å²) in [5, 5.41) is 0. The van der Waals surface area contributed by atoms with Gasteiger partial charge in [-0.3, -0.25) is 0 Å². The number of nitrogens with zero attached hydrogens (tertiary/aromatic N) is 2. The van der Waals surface area contributed by atoms with E-state index in [1.165, 1.54) is 22.5 Å². The number of halogens is 2. The van der Waals surface area contributed by atoms with Crippen LogP contribution in [-0.4, -0.2) is 49.0 Å². The van der Waals surface area contributed by atoms with Gasteiger partial charge in [0.15, 0.2) is 0 Å². The second-order valence-corrected chi connectivity index (χ2v) is 7.84. The van der Waals surface area contributed by atoms with Crippen molar-refractivity contribution in [1.29, 1.82) is 0 Å². The Morgan fingerprint density at radius 1 is 1.08 bits per heavy atom. The Morgan fingerprint density at radius 2 is 1.85 bits per heavy atom. The van der Waals surface area contributed by atoms with E-state index in [1.807, 2.05) is 0 Å². The standard InChI is InChI=1S/C17H15F2N3O3S/c18-11-1-3-13(14(19)9-11)17-20-15-4-2-12(10-16(15)21-17)26(23,24)22-5-7-25-8-6-22/h1-4,9-10H,5-8H2,(H,20,21). The molecule has 0 saturated carbocycles. The first kappa shape index (κ1) is 17.1. The van der Waals surface area contributed by atoms with Crippen molar-refractivity contribution in [1.82, 2.24) is 14.3 Å². The third-order valence-corrected chi connectivity index (χ3v) is 6.14. The molecule has 0 amide bonds. The number of H-pyrrole nitrogens is 1. The molecule has 1 aliphatic heterocycles. The number of fused-ring (bicyclic) bond motifs is 1. The van der Waals surface area contributed by atoms with E-state index in [4.69, 9.17) is 4.74 Å². The molecule has 9 heteroatoms. The SMILES string of the molecule is O=S(=O)(c1ccc2nc(-c3ccc(F)cc3F)[nH]c2c1)N1CCOCC1. The molecule has 1 aromatic heterocycles. The van der Waals surface area contributed by atoms with Crippen LogP contribution >= 0.6 is 0 Å². The Kier molecular flexibility index (Phi) is 4.22. The van der Waals surface area contributed by atoms with E-state index in [1.54, 1.807) is 6.07 Å². The fraction of sp³-hybridized carbons (Fsp3) is 0.235.